The molecule has 0 unspecified atom stereocenters. The van der Waals surface area contributed by atoms with Crippen LogP contribution in [0.3, 0.4) is 0 Å². The monoisotopic (exact) mass is 181 g/mol. The molecule has 0 spiro atoms. The molecule has 1 N–H and O–H groups in total. The number of unbranched alkanes of at least 4 members (excludes halogenated alkanes) is 4. The third-order valence-electron chi connectivity index (χ3n) is 2.24. The molecule has 74 valence electrons. The minimum absolute atomic E-state index is 0.345. The van der Waals surface area contributed by atoms with Crippen molar-refractivity contribution in [1.82, 2.24) is 4.57 Å². The largest absolute Gasteiger partial charge is 0.396 e. The molecule has 1 aromatic rings. The van der Waals surface area contributed by atoms with Gasteiger partial charge in [0.2, 0.25) is 0 Å². The van der Waals surface area contributed by atoms with Crippen LogP contribution in [0.5, 0.6) is 0 Å². The molecule has 0 aliphatic rings. The first-order chi connectivity index (χ1) is 6.43. The highest BCUT2D eigenvalue weighted by Crippen LogP contribution is 2.04. The van der Waals surface area contributed by atoms with E-state index in [2.05, 4.69) is 29.1 Å². The molecule has 13 heavy (non-hydrogen) atoms. The van der Waals surface area contributed by atoms with Crippen molar-refractivity contribution in [3.8, 4) is 0 Å². The zero-order valence-electron chi connectivity index (χ0n) is 8.15. The van der Waals surface area contributed by atoms with E-state index in [1.54, 1.807) is 0 Å². The molecule has 0 saturated carbocycles. The fourth-order valence-corrected chi connectivity index (χ4v) is 1.46. The quantitative estimate of drug-likeness (QED) is 0.642. The van der Waals surface area contributed by atoms with Crippen LogP contribution in [0.15, 0.2) is 24.5 Å². The molecule has 1 heterocycles. The summed E-state index contributed by atoms with van der Waals surface area (Å²) in [5.74, 6) is 0. The van der Waals surface area contributed by atoms with E-state index >= 15 is 0 Å². The zero-order chi connectivity index (χ0) is 9.36. The molecule has 0 fully saturated rings. The molecule has 0 aliphatic carbocycles. The third-order valence-corrected chi connectivity index (χ3v) is 2.24. The molecule has 0 saturated heterocycles. The summed E-state index contributed by atoms with van der Waals surface area (Å²) in [7, 11) is 0. The SMILES string of the molecule is OCCCCCCCn1cccc1. The third kappa shape index (κ3) is 4.73. The van der Waals surface area contributed by atoms with Crippen LogP contribution in [0.4, 0.5) is 0 Å². The van der Waals surface area contributed by atoms with Gasteiger partial charge < -0.3 is 9.67 Å². The lowest BCUT2D eigenvalue weighted by molar-refractivity contribution is 0.282. The van der Waals surface area contributed by atoms with Gasteiger partial charge in [0.25, 0.3) is 0 Å². The Hall–Kier alpha value is -0.760. The smallest absolute Gasteiger partial charge is 0.0431 e. The molecule has 2 heteroatoms. The number of aliphatic hydroxyl groups is 1. The maximum Gasteiger partial charge on any atom is 0.0431 e. The normalized spacial score (nSPS) is 10.5. The first kappa shape index (κ1) is 10.3. The Bertz CT molecular complexity index is 194. The van der Waals surface area contributed by atoms with Crippen LogP contribution >= 0.6 is 0 Å². The lowest BCUT2D eigenvalue weighted by Crippen LogP contribution is -1.93. The minimum Gasteiger partial charge on any atom is -0.396 e. The van der Waals surface area contributed by atoms with Gasteiger partial charge >= 0.3 is 0 Å². The summed E-state index contributed by atoms with van der Waals surface area (Å²) in [6.45, 7) is 1.48. The average Bonchev–Trinajstić information content (AvgIpc) is 2.63. The molecule has 0 atom stereocenters. The second-order valence-corrected chi connectivity index (χ2v) is 3.41. The summed E-state index contributed by atoms with van der Waals surface area (Å²) in [5.41, 5.74) is 0. The van der Waals surface area contributed by atoms with Crippen molar-refractivity contribution in [2.45, 2.75) is 38.6 Å². The lowest BCUT2D eigenvalue weighted by atomic mass is 10.1. The number of rotatable bonds is 7. The standard InChI is InChI=1S/C11H19NO/c13-11-7-3-1-2-4-8-12-9-5-6-10-12/h5-6,9-10,13H,1-4,7-8,11H2. The minimum atomic E-state index is 0.345. The van der Waals surface area contributed by atoms with Gasteiger partial charge in [0, 0.05) is 25.5 Å². The maximum absolute atomic E-state index is 8.57. The fraction of sp³-hybridized carbons (Fsp3) is 0.636. The Morgan fingerprint density at radius 1 is 0.846 bits per heavy atom. The van der Waals surface area contributed by atoms with E-state index in [1.807, 2.05) is 0 Å². The first-order valence-corrected chi connectivity index (χ1v) is 5.15. The first-order valence-electron chi connectivity index (χ1n) is 5.15. The van der Waals surface area contributed by atoms with E-state index in [9.17, 15) is 0 Å². The van der Waals surface area contributed by atoms with Crippen LogP contribution < -0.4 is 0 Å². The summed E-state index contributed by atoms with van der Waals surface area (Å²) in [6, 6.07) is 4.12. The van der Waals surface area contributed by atoms with Crippen LogP contribution in [0, 0.1) is 0 Å². The van der Waals surface area contributed by atoms with Crippen LogP contribution in [-0.2, 0) is 6.54 Å². The Morgan fingerprint density at radius 2 is 1.46 bits per heavy atom. The number of hydrogen-bond donors (Lipinski definition) is 1. The fourth-order valence-electron chi connectivity index (χ4n) is 1.46. The van der Waals surface area contributed by atoms with Gasteiger partial charge in [-0.05, 0) is 25.0 Å². The number of aliphatic hydroxyl groups excluding tert-OH is 1. The molecule has 0 radical (unpaired) electrons. The van der Waals surface area contributed by atoms with Gasteiger partial charge in [-0.1, -0.05) is 19.3 Å². The Kier molecular flexibility index (Phi) is 5.34. The second-order valence-electron chi connectivity index (χ2n) is 3.41. The maximum atomic E-state index is 8.57. The van der Waals surface area contributed by atoms with E-state index in [-0.39, 0.29) is 0 Å². The predicted molar refractivity (Wildman–Crippen MR) is 54.6 cm³/mol. The van der Waals surface area contributed by atoms with Crippen LogP contribution in [-0.4, -0.2) is 16.3 Å². The second kappa shape index (κ2) is 6.72. The van der Waals surface area contributed by atoms with Gasteiger partial charge in [-0.15, -0.1) is 0 Å². The number of nitrogens with zero attached hydrogens (tertiary/aromatic N) is 1. The highest BCUT2D eigenvalue weighted by molar-refractivity contribution is 4.89. The van der Waals surface area contributed by atoms with E-state index in [0.29, 0.717) is 6.61 Å². The number of aromatic nitrogens is 1. The highest BCUT2D eigenvalue weighted by atomic mass is 16.2. The number of hydrogen-bond acceptors (Lipinski definition) is 1. The van der Waals surface area contributed by atoms with Gasteiger partial charge in [0.05, 0.1) is 0 Å². The molecule has 1 aromatic heterocycles. The number of aryl methyl sites for hydroxylation is 1. The lowest BCUT2D eigenvalue weighted by Gasteiger charge is -2.02. The van der Waals surface area contributed by atoms with Crippen molar-refractivity contribution in [2.75, 3.05) is 6.61 Å². The van der Waals surface area contributed by atoms with Gasteiger partial charge in [-0.25, -0.2) is 0 Å². The Labute approximate surface area is 80.2 Å². The van der Waals surface area contributed by atoms with Crippen LogP contribution in [0.25, 0.3) is 0 Å². The van der Waals surface area contributed by atoms with E-state index < -0.39 is 0 Å². The molecule has 0 amide bonds. The Balaban J connectivity index is 1.90. The van der Waals surface area contributed by atoms with Crippen molar-refractivity contribution < 1.29 is 5.11 Å². The molecular formula is C11H19NO. The topological polar surface area (TPSA) is 25.2 Å². The predicted octanol–water partition coefficient (Wildman–Crippen LogP) is 2.43. The van der Waals surface area contributed by atoms with E-state index in [0.717, 1.165) is 13.0 Å². The van der Waals surface area contributed by atoms with Crippen molar-refractivity contribution in [2.24, 2.45) is 0 Å². The molecule has 1 rings (SSSR count). The summed E-state index contributed by atoms with van der Waals surface area (Å²) < 4.78 is 2.21. The van der Waals surface area contributed by atoms with Gasteiger partial charge in [-0.3, -0.25) is 0 Å². The van der Waals surface area contributed by atoms with E-state index in [4.69, 9.17) is 5.11 Å². The van der Waals surface area contributed by atoms with E-state index in [1.165, 1.54) is 25.7 Å². The van der Waals surface area contributed by atoms with Gasteiger partial charge in [0.15, 0.2) is 0 Å². The van der Waals surface area contributed by atoms with Gasteiger partial charge in [-0.2, -0.15) is 0 Å². The Morgan fingerprint density at radius 3 is 2.15 bits per heavy atom. The zero-order valence-corrected chi connectivity index (χ0v) is 8.15. The summed E-state index contributed by atoms with van der Waals surface area (Å²) in [4.78, 5) is 0. The summed E-state index contributed by atoms with van der Waals surface area (Å²) in [5, 5.41) is 8.57. The van der Waals surface area contributed by atoms with Crippen molar-refractivity contribution in [3.63, 3.8) is 0 Å². The molecule has 2 nitrogen and oxygen atoms in total. The van der Waals surface area contributed by atoms with Crippen molar-refractivity contribution in [3.05, 3.63) is 24.5 Å². The highest BCUT2D eigenvalue weighted by Gasteiger charge is 1.91. The van der Waals surface area contributed by atoms with Crippen molar-refractivity contribution in [1.29, 1.82) is 0 Å². The van der Waals surface area contributed by atoms with Gasteiger partial charge in [0.1, 0.15) is 0 Å². The molecule has 0 aromatic carbocycles. The summed E-state index contributed by atoms with van der Waals surface area (Å²) >= 11 is 0. The van der Waals surface area contributed by atoms with Crippen molar-refractivity contribution >= 4 is 0 Å². The average molecular weight is 181 g/mol. The van der Waals surface area contributed by atoms with Crippen LogP contribution in [0.2, 0.25) is 0 Å². The molecule has 0 aliphatic heterocycles. The van der Waals surface area contributed by atoms with Crippen LogP contribution in [0.1, 0.15) is 32.1 Å². The molecular weight excluding hydrogens is 162 g/mol. The molecule has 0 bridgehead atoms. The summed E-state index contributed by atoms with van der Waals surface area (Å²) in [6.07, 6.45) is 10.1.